The molecule has 1 fully saturated rings. The summed E-state index contributed by atoms with van der Waals surface area (Å²) in [4.78, 5) is 18.6. The molecule has 1 unspecified atom stereocenters. The summed E-state index contributed by atoms with van der Waals surface area (Å²) < 4.78 is 0. The van der Waals surface area contributed by atoms with Gasteiger partial charge in [-0.3, -0.25) is 0 Å². The molecule has 0 bridgehead atoms. The van der Waals surface area contributed by atoms with Crippen molar-refractivity contribution in [1.82, 2.24) is 15.3 Å². The molecule has 1 aliphatic heterocycles. The largest absolute Gasteiger partial charge is 0.345 e. The minimum Gasteiger partial charge on any atom is -0.314 e. The fourth-order valence-electron chi connectivity index (χ4n) is 3.05. The molecular weight excluding hydrogens is 214 g/mol. The molecule has 1 saturated heterocycles. The lowest BCUT2D eigenvalue weighted by molar-refractivity contribution is 0.396. The van der Waals surface area contributed by atoms with Crippen LogP contribution in [0.15, 0.2) is 4.79 Å². The Kier molecular flexibility index (Phi) is 2.97. The number of nitrogens with zero attached hydrogens (tertiary/aromatic N) is 1. The zero-order chi connectivity index (χ0) is 11.7. The number of hydrogen-bond donors (Lipinski definition) is 2. The maximum atomic E-state index is 11.5. The van der Waals surface area contributed by atoms with Crippen molar-refractivity contribution < 1.29 is 0 Å². The molecule has 1 aromatic heterocycles. The molecule has 0 amide bonds. The van der Waals surface area contributed by atoms with E-state index in [0.29, 0.717) is 6.04 Å². The van der Waals surface area contributed by atoms with Gasteiger partial charge >= 0.3 is 5.69 Å². The Morgan fingerprint density at radius 2 is 2.18 bits per heavy atom. The number of fused-ring (bicyclic) bond motifs is 1. The summed E-state index contributed by atoms with van der Waals surface area (Å²) in [6, 6.07) is 0.516. The van der Waals surface area contributed by atoms with Crippen LogP contribution in [0.3, 0.4) is 0 Å². The molecular formula is C13H19N3O. The molecule has 0 aromatic carbocycles. The molecule has 0 spiro atoms. The average molecular weight is 233 g/mol. The summed E-state index contributed by atoms with van der Waals surface area (Å²) in [6.45, 7) is 1.11. The number of piperidine rings is 1. The van der Waals surface area contributed by atoms with Gasteiger partial charge in [0, 0.05) is 18.2 Å². The van der Waals surface area contributed by atoms with E-state index in [-0.39, 0.29) is 5.69 Å². The van der Waals surface area contributed by atoms with Crippen molar-refractivity contribution in [2.75, 3.05) is 6.54 Å². The zero-order valence-corrected chi connectivity index (χ0v) is 10.1. The van der Waals surface area contributed by atoms with Gasteiger partial charge in [-0.15, -0.1) is 0 Å². The minimum absolute atomic E-state index is 0.170. The molecule has 0 saturated carbocycles. The molecule has 1 aromatic rings. The lowest BCUT2D eigenvalue weighted by atomic mass is 9.98. The third-order valence-corrected chi connectivity index (χ3v) is 3.91. The summed E-state index contributed by atoms with van der Waals surface area (Å²) >= 11 is 0. The maximum Gasteiger partial charge on any atom is 0.345 e. The molecule has 1 atom stereocenters. The first kappa shape index (κ1) is 11.0. The van der Waals surface area contributed by atoms with E-state index in [1.807, 2.05) is 0 Å². The molecule has 2 heterocycles. The summed E-state index contributed by atoms with van der Waals surface area (Å²) in [6.07, 6.45) is 7.96. The van der Waals surface area contributed by atoms with Crippen molar-refractivity contribution in [2.45, 2.75) is 51.0 Å². The normalized spacial score (nSPS) is 23.6. The van der Waals surface area contributed by atoms with Crippen molar-refractivity contribution in [3.8, 4) is 0 Å². The first-order valence-electron chi connectivity index (χ1n) is 6.67. The lowest BCUT2D eigenvalue weighted by Crippen LogP contribution is -2.36. The van der Waals surface area contributed by atoms with Gasteiger partial charge in [-0.05, 0) is 44.2 Å². The maximum absolute atomic E-state index is 11.5. The third kappa shape index (κ3) is 2.27. The molecule has 17 heavy (non-hydrogen) atoms. The number of aromatic nitrogens is 2. The van der Waals surface area contributed by atoms with Gasteiger partial charge < -0.3 is 10.3 Å². The lowest BCUT2D eigenvalue weighted by Gasteiger charge is -2.23. The Morgan fingerprint density at radius 1 is 1.24 bits per heavy atom. The van der Waals surface area contributed by atoms with Crippen LogP contribution in [-0.4, -0.2) is 22.6 Å². The van der Waals surface area contributed by atoms with Crippen LogP contribution >= 0.6 is 0 Å². The standard InChI is InChI=1S/C13H19N3O/c17-13-15-11-6-3-5-10(11)12(16-13)8-9-4-1-2-7-14-9/h9,14H,1-8H2,(H,15,16,17). The van der Waals surface area contributed by atoms with E-state index in [0.717, 1.165) is 43.6 Å². The predicted octanol–water partition coefficient (Wildman–Crippen LogP) is 0.943. The van der Waals surface area contributed by atoms with Crippen LogP contribution in [0.5, 0.6) is 0 Å². The van der Waals surface area contributed by atoms with Crippen LogP contribution in [0.4, 0.5) is 0 Å². The smallest absolute Gasteiger partial charge is 0.314 e. The first-order valence-corrected chi connectivity index (χ1v) is 6.67. The highest BCUT2D eigenvalue weighted by atomic mass is 16.1. The van der Waals surface area contributed by atoms with Gasteiger partial charge in [0.1, 0.15) is 0 Å². The molecule has 92 valence electrons. The van der Waals surface area contributed by atoms with Crippen molar-refractivity contribution in [1.29, 1.82) is 0 Å². The van der Waals surface area contributed by atoms with E-state index in [2.05, 4.69) is 15.3 Å². The zero-order valence-electron chi connectivity index (χ0n) is 10.1. The number of aromatic amines is 1. The monoisotopic (exact) mass is 233 g/mol. The summed E-state index contributed by atoms with van der Waals surface area (Å²) in [5, 5.41) is 3.53. The molecule has 4 heteroatoms. The van der Waals surface area contributed by atoms with Crippen molar-refractivity contribution in [3.05, 3.63) is 27.4 Å². The van der Waals surface area contributed by atoms with E-state index in [4.69, 9.17) is 0 Å². The quantitative estimate of drug-likeness (QED) is 0.799. The Hall–Kier alpha value is -1.16. The summed E-state index contributed by atoms with van der Waals surface area (Å²) in [5.41, 5.74) is 3.32. The van der Waals surface area contributed by atoms with Crippen molar-refractivity contribution in [3.63, 3.8) is 0 Å². The van der Waals surface area contributed by atoms with Gasteiger partial charge in [-0.25, -0.2) is 4.79 Å². The highest BCUT2D eigenvalue weighted by Gasteiger charge is 2.21. The minimum atomic E-state index is -0.170. The number of aryl methyl sites for hydroxylation is 1. The van der Waals surface area contributed by atoms with Gasteiger partial charge in [-0.1, -0.05) is 6.42 Å². The van der Waals surface area contributed by atoms with Crippen molar-refractivity contribution in [2.24, 2.45) is 0 Å². The highest BCUT2D eigenvalue weighted by molar-refractivity contribution is 5.29. The predicted molar refractivity (Wildman–Crippen MR) is 66.2 cm³/mol. The topological polar surface area (TPSA) is 57.8 Å². The van der Waals surface area contributed by atoms with Gasteiger partial charge in [0.25, 0.3) is 0 Å². The van der Waals surface area contributed by atoms with Crippen LogP contribution in [0.25, 0.3) is 0 Å². The van der Waals surface area contributed by atoms with Crippen molar-refractivity contribution >= 4 is 0 Å². The highest BCUT2D eigenvalue weighted by Crippen LogP contribution is 2.22. The van der Waals surface area contributed by atoms with Gasteiger partial charge in [0.2, 0.25) is 0 Å². The van der Waals surface area contributed by atoms with Crippen LogP contribution in [0.2, 0.25) is 0 Å². The van der Waals surface area contributed by atoms with E-state index in [9.17, 15) is 4.79 Å². The second-order valence-electron chi connectivity index (χ2n) is 5.15. The van der Waals surface area contributed by atoms with E-state index < -0.39 is 0 Å². The molecule has 2 aliphatic rings. The van der Waals surface area contributed by atoms with Gasteiger partial charge in [0.05, 0.1) is 5.69 Å². The number of nitrogens with one attached hydrogen (secondary N) is 2. The SMILES string of the molecule is O=c1nc(CC2CCCCN2)c2c([nH]1)CCC2. The van der Waals surface area contributed by atoms with E-state index in [1.54, 1.807) is 0 Å². The number of H-pyrrole nitrogens is 1. The fraction of sp³-hybridized carbons (Fsp3) is 0.692. The summed E-state index contributed by atoms with van der Waals surface area (Å²) in [5.74, 6) is 0. The fourth-order valence-corrected chi connectivity index (χ4v) is 3.05. The molecule has 0 radical (unpaired) electrons. The molecule has 1 aliphatic carbocycles. The molecule has 3 rings (SSSR count). The first-order chi connectivity index (χ1) is 8.33. The van der Waals surface area contributed by atoms with E-state index in [1.165, 1.54) is 24.8 Å². The van der Waals surface area contributed by atoms with Gasteiger partial charge in [-0.2, -0.15) is 4.98 Å². The van der Waals surface area contributed by atoms with Crippen LogP contribution in [0, 0.1) is 0 Å². The second-order valence-corrected chi connectivity index (χ2v) is 5.15. The Labute approximate surface area is 101 Å². The number of hydrogen-bond acceptors (Lipinski definition) is 3. The molecule has 2 N–H and O–H groups in total. The van der Waals surface area contributed by atoms with Crippen LogP contribution in [-0.2, 0) is 19.3 Å². The van der Waals surface area contributed by atoms with Crippen LogP contribution < -0.4 is 11.0 Å². The Bertz CT molecular complexity index is 460. The van der Waals surface area contributed by atoms with Gasteiger partial charge in [0.15, 0.2) is 0 Å². The Balaban J connectivity index is 1.84. The number of rotatable bonds is 2. The summed E-state index contributed by atoms with van der Waals surface area (Å²) in [7, 11) is 0. The van der Waals surface area contributed by atoms with Crippen LogP contribution in [0.1, 0.15) is 42.6 Å². The average Bonchev–Trinajstić information content (AvgIpc) is 2.78. The van der Waals surface area contributed by atoms with E-state index >= 15 is 0 Å². The Morgan fingerprint density at radius 3 is 3.00 bits per heavy atom. The molecule has 4 nitrogen and oxygen atoms in total. The second kappa shape index (κ2) is 4.61. The third-order valence-electron chi connectivity index (χ3n) is 3.91.